The summed E-state index contributed by atoms with van der Waals surface area (Å²) in [4.78, 5) is 25.7. The Hall–Kier alpha value is 0.220. The Bertz CT molecular complexity index is 436. The molecule has 0 aliphatic rings. The van der Waals surface area contributed by atoms with Gasteiger partial charge in [-0.15, -0.1) is 0 Å². The number of allylic oxidation sites excluding steroid dienone is 3. The van der Waals surface area contributed by atoms with Crippen molar-refractivity contribution in [2.24, 2.45) is 0 Å². The Morgan fingerprint density at radius 1 is 1.21 bits per heavy atom. The molecule has 0 aliphatic heterocycles. The molecule has 1 atom stereocenters. The normalized spacial score (nSPS) is 16.0. The molecule has 10 heteroatoms. The largest absolute Gasteiger partial charge is 0.481 e. The highest BCUT2D eigenvalue weighted by Gasteiger charge is 2.31. The third-order valence-electron chi connectivity index (χ3n) is 1.69. The molecule has 0 heterocycles. The van der Waals surface area contributed by atoms with E-state index in [2.05, 4.69) is 24.8 Å². The number of halogens is 1. The average molecular weight is 379 g/mol. The third-order valence-corrected chi connectivity index (χ3v) is 4.56. The summed E-state index contributed by atoms with van der Waals surface area (Å²) in [6.07, 6.45) is 4.99. The van der Waals surface area contributed by atoms with Crippen molar-refractivity contribution in [3.63, 3.8) is 0 Å². The van der Waals surface area contributed by atoms with Crippen molar-refractivity contribution in [1.29, 1.82) is 0 Å². The molecule has 0 saturated carbocycles. The third kappa shape index (κ3) is 13.0. The molecule has 0 aliphatic carbocycles. The number of rotatable bonds is 8. The summed E-state index contributed by atoms with van der Waals surface area (Å²) in [5, 5.41) is 0. The molecule has 0 fully saturated rings. The monoisotopic (exact) mass is 378 g/mol. The minimum Gasteiger partial charge on any atom is -0.302 e. The van der Waals surface area contributed by atoms with Crippen LogP contribution in [0.1, 0.15) is 26.7 Å². The summed E-state index contributed by atoms with van der Waals surface area (Å²) in [6.45, 7) is 3.65. The van der Waals surface area contributed by atoms with Gasteiger partial charge in [-0.3, -0.25) is 4.52 Å². The zero-order valence-corrected chi connectivity index (χ0v) is 13.9. The van der Waals surface area contributed by atoms with Crippen molar-refractivity contribution in [2.75, 3.05) is 6.61 Å². The smallest absolute Gasteiger partial charge is 0.302 e. The first kappa shape index (κ1) is 19.2. The zero-order chi connectivity index (χ0) is 15.1. The standard InChI is InChI=1S/C9H17BrO7P2/c1-8(2)4-3-5-9(10)6-7-16-19(14,15)17-18(11,12)13/h4,6H,3,5,7H2,1-2H3,(H,14,15)(H2,11,12,13)/b9-6-. The molecule has 0 aromatic carbocycles. The lowest BCUT2D eigenvalue weighted by atomic mass is 10.2. The van der Waals surface area contributed by atoms with Crippen molar-refractivity contribution in [3.05, 3.63) is 22.2 Å². The fourth-order valence-electron chi connectivity index (χ4n) is 0.981. The van der Waals surface area contributed by atoms with Gasteiger partial charge in [0.1, 0.15) is 0 Å². The molecule has 112 valence electrons. The molecule has 0 spiro atoms. The van der Waals surface area contributed by atoms with E-state index >= 15 is 0 Å². The van der Waals surface area contributed by atoms with Crippen molar-refractivity contribution in [3.8, 4) is 0 Å². The van der Waals surface area contributed by atoms with Crippen LogP contribution in [-0.2, 0) is 18.0 Å². The molecule has 0 radical (unpaired) electrons. The van der Waals surface area contributed by atoms with E-state index in [4.69, 9.17) is 14.7 Å². The molecule has 1 unspecified atom stereocenters. The van der Waals surface area contributed by atoms with Crippen LogP contribution in [0.4, 0.5) is 0 Å². The van der Waals surface area contributed by atoms with Crippen LogP contribution in [-0.4, -0.2) is 21.3 Å². The molecular formula is C9H17BrO7P2. The fourth-order valence-corrected chi connectivity index (χ4v) is 2.87. The Kier molecular flexibility index (Phi) is 8.59. The van der Waals surface area contributed by atoms with Gasteiger partial charge in [-0.2, -0.15) is 4.31 Å². The van der Waals surface area contributed by atoms with Gasteiger partial charge in [-0.05, 0) is 37.2 Å². The molecule has 0 amide bonds. The van der Waals surface area contributed by atoms with Crippen molar-refractivity contribution >= 4 is 31.6 Å². The van der Waals surface area contributed by atoms with Gasteiger partial charge < -0.3 is 14.7 Å². The second kappa shape index (κ2) is 8.49. The Morgan fingerprint density at radius 2 is 1.79 bits per heavy atom. The molecular weight excluding hydrogens is 362 g/mol. The highest BCUT2D eigenvalue weighted by atomic mass is 79.9. The topological polar surface area (TPSA) is 113 Å². The van der Waals surface area contributed by atoms with E-state index in [9.17, 15) is 9.13 Å². The Labute approximate surface area is 120 Å². The van der Waals surface area contributed by atoms with Gasteiger partial charge >= 0.3 is 15.6 Å². The molecule has 7 nitrogen and oxygen atoms in total. The quantitative estimate of drug-likeness (QED) is 0.438. The van der Waals surface area contributed by atoms with Crippen molar-refractivity contribution in [2.45, 2.75) is 26.7 Å². The van der Waals surface area contributed by atoms with E-state index in [1.165, 1.54) is 11.6 Å². The number of phosphoric acid groups is 2. The molecule has 19 heavy (non-hydrogen) atoms. The lowest BCUT2D eigenvalue weighted by Gasteiger charge is -2.11. The highest BCUT2D eigenvalue weighted by Crippen LogP contribution is 2.57. The fraction of sp³-hybridized carbons (Fsp3) is 0.556. The summed E-state index contributed by atoms with van der Waals surface area (Å²) in [5.41, 5.74) is 1.19. The lowest BCUT2D eigenvalue weighted by Crippen LogP contribution is -1.94. The van der Waals surface area contributed by atoms with E-state index < -0.39 is 15.6 Å². The van der Waals surface area contributed by atoms with Crippen LogP contribution in [0, 0.1) is 0 Å². The number of phosphoric ester groups is 1. The van der Waals surface area contributed by atoms with Gasteiger partial charge in [0, 0.05) is 0 Å². The summed E-state index contributed by atoms with van der Waals surface area (Å²) in [7, 11) is -9.81. The van der Waals surface area contributed by atoms with E-state index in [0.717, 1.165) is 10.9 Å². The van der Waals surface area contributed by atoms with Gasteiger partial charge in [-0.25, -0.2) is 9.13 Å². The molecule has 0 bridgehead atoms. The zero-order valence-electron chi connectivity index (χ0n) is 10.5. The first-order valence-corrected chi connectivity index (χ1v) is 9.06. The second-order valence-electron chi connectivity index (χ2n) is 3.81. The van der Waals surface area contributed by atoms with Gasteiger partial charge in [0.15, 0.2) is 0 Å². The number of hydrogen-bond acceptors (Lipinski definition) is 4. The van der Waals surface area contributed by atoms with Crippen LogP contribution < -0.4 is 0 Å². The number of hydrogen-bond donors (Lipinski definition) is 3. The SMILES string of the molecule is CC(C)=CCC/C(Br)=C/COP(=O)(O)OP(=O)(O)O. The van der Waals surface area contributed by atoms with Crippen LogP contribution in [0.25, 0.3) is 0 Å². The predicted octanol–water partition coefficient (Wildman–Crippen LogP) is 3.24. The maximum atomic E-state index is 11.1. The van der Waals surface area contributed by atoms with Gasteiger partial charge in [0.05, 0.1) is 6.61 Å². The van der Waals surface area contributed by atoms with E-state index in [1.54, 1.807) is 0 Å². The minimum absolute atomic E-state index is 0.302. The maximum absolute atomic E-state index is 11.1. The minimum atomic E-state index is -5.06. The first-order chi connectivity index (χ1) is 8.52. The molecule has 3 N–H and O–H groups in total. The average Bonchev–Trinajstić information content (AvgIpc) is 2.12. The van der Waals surface area contributed by atoms with E-state index in [-0.39, 0.29) is 6.61 Å². The van der Waals surface area contributed by atoms with Crippen molar-refractivity contribution < 1.29 is 32.6 Å². The predicted molar refractivity (Wildman–Crippen MR) is 74.6 cm³/mol. The van der Waals surface area contributed by atoms with Gasteiger partial charge in [0.25, 0.3) is 0 Å². The molecule has 0 aromatic heterocycles. The van der Waals surface area contributed by atoms with Gasteiger partial charge in [0.2, 0.25) is 0 Å². The second-order valence-corrected chi connectivity index (χ2v) is 7.66. The van der Waals surface area contributed by atoms with Crippen LogP contribution in [0.15, 0.2) is 22.2 Å². The summed E-state index contributed by atoms with van der Waals surface area (Å²) in [6, 6.07) is 0. The lowest BCUT2D eigenvalue weighted by molar-refractivity contribution is 0.191. The van der Waals surface area contributed by atoms with E-state index in [0.29, 0.717) is 6.42 Å². The highest BCUT2D eigenvalue weighted by molar-refractivity contribution is 9.11. The Morgan fingerprint density at radius 3 is 2.26 bits per heavy atom. The van der Waals surface area contributed by atoms with Gasteiger partial charge in [-0.1, -0.05) is 27.6 Å². The molecule has 0 saturated heterocycles. The van der Waals surface area contributed by atoms with Crippen LogP contribution in [0.3, 0.4) is 0 Å². The molecule has 0 aromatic rings. The maximum Gasteiger partial charge on any atom is 0.481 e. The van der Waals surface area contributed by atoms with E-state index in [1.807, 2.05) is 19.9 Å². The summed E-state index contributed by atoms with van der Waals surface area (Å²) in [5.74, 6) is 0. The summed E-state index contributed by atoms with van der Waals surface area (Å²) < 4.78 is 30.2. The van der Waals surface area contributed by atoms with Crippen molar-refractivity contribution in [1.82, 2.24) is 0 Å². The summed E-state index contributed by atoms with van der Waals surface area (Å²) >= 11 is 3.24. The Balaban J connectivity index is 4.16. The first-order valence-electron chi connectivity index (χ1n) is 5.24. The van der Waals surface area contributed by atoms with Crippen LogP contribution in [0.5, 0.6) is 0 Å². The van der Waals surface area contributed by atoms with Crippen LogP contribution >= 0.6 is 31.6 Å². The van der Waals surface area contributed by atoms with Crippen LogP contribution in [0.2, 0.25) is 0 Å². The molecule has 0 rings (SSSR count).